The van der Waals surface area contributed by atoms with E-state index in [9.17, 15) is 14.0 Å². The van der Waals surface area contributed by atoms with E-state index in [2.05, 4.69) is 0 Å². The Labute approximate surface area is 168 Å². The highest BCUT2D eigenvalue weighted by Gasteiger charge is 2.26. The van der Waals surface area contributed by atoms with Crippen molar-refractivity contribution in [2.24, 2.45) is 0 Å². The van der Waals surface area contributed by atoms with Crippen LogP contribution in [-0.4, -0.2) is 37.1 Å². The molecule has 0 unspecified atom stereocenters. The van der Waals surface area contributed by atoms with Crippen molar-refractivity contribution >= 4 is 11.5 Å². The molecule has 6 heteroatoms. The summed E-state index contributed by atoms with van der Waals surface area (Å²) in [7, 11) is 0. The molecular formula is C23H24FNO4. The molecule has 0 spiro atoms. The zero-order valence-electron chi connectivity index (χ0n) is 16.4. The molecule has 1 saturated heterocycles. The molecule has 0 saturated carbocycles. The summed E-state index contributed by atoms with van der Waals surface area (Å²) in [4.78, 5) is 27.2. The number of benzene rings is 1. The minimum atomic E-state index is -0.565. The number of carbonyl (C=O) groups is 1. The van der Waals surface area contributed by atoms with Crippen molar-refractivity contribution in [3.05, 3.63) is 75.1 Å². The lowest BCUT2D eigenvalue weighted by Gasteiger charge is -2.27. The van der Waals surface area contributed by atoms with Gasteiger partial charge in [0.1, 0.15) is 17.1 Å². The summed E-state index contributed by atoms with van der Waals surface area (Å²) in [6, 6.07) is 8.18. The highest BCUT2D eigenvalue weighted by atomic mass is 19.1. The molecule has 152 valence electrons. The van der Waals surface area contributed by atoms with Crippen molar-refractivity contribution in [2.75, 3.05) is 26.3 Å². The molecule has 1 aromatic carbocycles. The lowest BCUT2D eigenvalue weighted by atomic mass is 9.95. The average molecular weight is 397 g/mol. The van der Waals surface area contributed by atoms with Crippen LogP contribution in [0.25, 0.3) is 5.57 Å². The Morgan fingerprint density at radius 1 is 1.17 bits per heavy atom. The van der Waals surface area contributed by atoms with E-state index in [-0.39, 0.29) is 23.2 Å². The van der Waals surface area contributed by atoms with Crippen molar-refractivity contribution < 1.29 is 18.3 Å². The fourth-order valence-corrected chi connectivity index (χ4v) is 4.01. The molecule has 4 rings (SSSR count). The SMILES string of the molecule is Cc1cc(C2CCOCC2)oc(=O)c1C(=O)N1CC=C(c2ccc(F)cc2)CC1. The Morgan fingerprint density at radius 2 is 1.90 bits per heavy atom. The van der Waals surface area contributed by atoms with Gasteiger partial charge in [-0.2, -0.15) is 0 Å². The van der Waals surface area contributed by atoms with Gasteiger partial charge in [-0.15, -0.1) is 0 Å². The van der Waals surface area contributed by atoms with Gasteiger partial charge < -0.3 is 14.1 Å². The molecule has 29 heavy (non-hydrogen) atoms. The van der Waals surface area contributed by atoms with Gasteiger partial charge >= 0.3 is 5.63 Å². The monoisotopic (exact) mass is 397 g/mol. The third-order valence-corrected chi connectivity index (χ3v) is 5.72. The highest BCUT2D eigenvalue weighted by Crippen LogP contribution is 2.28. The van der Waals surface area contributed by atoms with E-state index in [0.29, 0.717) is 44.0 Å². The minimum absolute atomic E-state index is 0.111. The summed E-state index contributed by atoms with van der Waals surface area (Å²) in [6.45, 7) is 4.01. The first kappa shape index (κ1) is 19.6. The fraction of sp³-hybridized carbons (Fsp3) is 0.391. The van der Waals surface area contributed by atoms with Crippen LogP contribution in [0.15, 0.2) is 45.6 Å². The van der Waals surface area contributed by atoms with Gasteiger partial charge in [0.2, 0.25) is 0 Å². The van der Waals surface area contributed by atoms with Crippen LogP contribution in [-0.2, 0) is 4.74 Å². The first-order chi connectivity index (χ1) is 14.0. The third kappa shape index (κ3) is 4.17. The van der Waals surface area contributed by atoms with Crippen LogP contribution in [0, 0.1) is 12.7 Å². The van der Waals surface area contributed by atoms with Crippen molar-refractivity contribution in [3.8, 4) is 0 Å². The molecule has 0 bridgehead atoms. The number of aryl methyl sites for hydroxylation is 1. The minimum Gasteiger partial charge on any atom is -0.427 e. The predicted molar refractivity (Wildman–Crippen MR) is 107 cm³/mol. The van der Waals surface area contributed by atoms with Crippen LogP contribution >= 0.6 is 0 Å². The molecule has 1 amide bonds. The van der Waals surface area contributed by atoms with E-state index in [4.69, 9.17) is 9.15 Å². The summed E-state index contributed by atoms with van der Waals surface area (Å²) in [5.74, 6) is 0.234. The molecule has 1 fully saturated rings. The summed E-state index contributed by atoms with van der Waals surface area (Å²) < 4.78 is 24.0. The fourth-order valence-electron chi connectivity index (χ4n) is 4.01. The van der Waals surface area contributed by atoms with Gasteiger partial charge in [-0.1, -0.05) is 18.2 Å². The second kappa shape index (κ2) is 8.33. The number of carbonyl (C=O) groups excluding carboxylic acids is 1. The second-order valence-corrected chi connectivity index (χ2v) is 7.62. The molecule has 0 N–H and O–H groups in total. The van der Waals surface area contributed by atoms with Crippen molar-refractivity contribution in [1.82, 2.24) is 4.90 Å². The number of halogens is 1. The molecule has 5 nitrogen and oxygen atoms in total. The highest BCUT2D eigenvalue weighted by molar-refractivity contribution is 5.95. The number of amides is 1. The maximum absolute atomic E-state index is 13.1. The number of rotatable bonds is 3. The number of ether oxygens (including phenoxy) is 1. The van der Waals surface area contributed by atoms with Crippen molar-refractivity contribution in [2.45, 2.75) is 32.1 Å². The van der Waals surface area contributed by atoms with E-state index < -0.39 is 5.63 Å². The number of nitrogens with zero attached hydrogens (tertiary/aromatic N) is 1. The van der Waals surface area contributed by atoms with Crippen LogP contribution < -0.4 is 5.63 Å². The molecule has 0 radical (unpaired) electrons. The third-order valence-electron chi connectivity index (χ3n) is 5.72. The largest absolute Gasteiger partial charge is 0.427 e. The zero-order chi connectivity index (χ0) is 20.4. The molecule has 1 aromatic heterocycles. The summed E-state index contributed by atoms with van der Waals surface area (Å²) in [6.07, 6.45) is 4.25. The predicted octanol–water partition coefficient (Wildman–Crippen LogP) is 3.91. The quantitative estimate of drug-likeness (QED) is 0.788. The number of hydrogen-bond acceptors (Lipinski definition) is 4. The van der Waals surface area contributed by atoms with Gasteiger partial charge in [-0.25, -0.2) is 9.18 Å². The molecule has 2 aliphatic heterocycles. The van der Waals surface area contributed by atoms with E-state index in [1.807, 2.05) is 12.1 Å². The van der Waals surface area contributed by atoms with Gasteiger partial charge in [0, 0.05) is 32.2 Å². The van der Waals surface area contributed by atoms with E-state index in [1.54, 1.807) is 24.0 Å². The van der Waals surface area contributed by atoms with Gasteiger partial charge in [-0.05, 0) is 61.1 Å². The maximum Gasteiger partial charge on any atom is 0.349 e. The van der Waals surface area contributed by atoms with Gasteiger partial charge in [0.15, 0.2) is 0 Å². The van der Waals surface area contributed by atoms with Crippen LogP contribution in [0.1, 0.15) is 52.4 Å². The van der Waals surface area contributed by atoms with E-state index in [1.165, 1.54) is 12.1 Å². The van der Waals surface area contributed by atoms with Crippen molar-refractivity contribution in [3.63, 3.8) is 0 Å². The topological polar surface area (TPSA) is 59.8 Å². The summed E-state index contributed by atoms with van der Waals surface area (Å²) >= 11 is 0. The molecule has 2 aliphatic rings. The molecule has 0 atom stereocenters. The van der Waals surface area contributed by atoms with Gasteiger partial charge in [-0.3, -0.25) is 4.79 Å². The maximum atomic E-state index is 13.1. The number of hydrogen-bond donors (Lipinski definition) is 0. The van der Waals surface area contributed by atoms with Crippen LogP contribution in [0.5, 0.6) is 0 Å². The Kier molecular flexibility index (Phi) is 5.62. The Bertz CT molecular complexity index is 987. The molecule has 0 aliphatic carbocycles. The molecule has 3 heterocycles. The normalized spacial score (nSPS) is 17.9. The van der Waals surface area contributed by atoms with Crippen LogP contribution in [0.3, 0.4) is 0 Å². The van der Waals surface area contributed by atoms with E-state index >= 15 is 0 Å². The van der Waals surface area contributed by atoms with Crippen molar-refractivity contribution in [1.29, 1.82) is 0 Å². The van der Waals surface area contributed by atoms with Gasteiger partial charge in [0.05, 0.1) is 0 Å². The second-order valence-electron chi connectivity index (χ2n) is 7.62. The average Bonchev–Trinajstić information content (AvgIpc) is 2.74. The Morgan fingerprint density at radius 3 is 2.52 bits per heavy atom. The Balaban J connectivity index is 1.51. The molecule has 2 aromatic rings. The van der Waals surface area contributed by atoms with E-state index in [0.717, 1.165) is 24.0 Å². The van der Waals surface area contributed by atoms with Crippen LogP contribution in [0.4, 0.5) is 4.39 Å². The zero-order valence-corrected chi connectivity index (χ0v) is 16.4. The molecular weight excluding hydrogens is 373 g/mol. The lowest BCUT2D eigenvalue weighted by molar-refractivity contribution is 0.0755. The first-order valence-electron chi connectivity index (χ1n) is 9.99. The summed E-state index contributed by atoms with van der Waals surface area (Å²) in [5.41, 5.74) is 2.23. The van der Waals surface area contributed by atoms with Gasteiger partial charge in [0.25, 0.3) is 5.91 Å². The lowest BCUT2D eigenvalue weighted by Crippen LogP contribution is -2.37. The summed E-state index contributed by atoms with van der Waals surface area (Å²) in [5, 5.41) is 0. The first-order valence-corrected chi connectivity index (χ1v) is 9.99. The Hall–Kier alpha value is -2.73. The smallest absolute Gasteiger partial charge is 0.349 e. The standard InChI is InChI=1S/C23H24FNO4/c1-15-14-20(18-8-12-28-13-9-18)29-23(27)21(15)22(26)25-10-6-17(7-11-25)16-2-4-19(24)5-3-16/h2-6,14,18H,7-13H2,1H3. The van der Waals surface area contributed by atoms with Crippen LogP contribution in [0.2, 0.25) is 0 Å².